The van der Waals surface area contributed by atoms with Gasteiger partial charge in [0.1, 0.15) is 0 Å². The van der Waals surface area contributed by atoms with E-state index < -0.39 is 0 Å². The molecule has 170 valence electrons. The first-order chi connectivity index (χ1) is 16.1. The van der Waals surface area contributed by atoms with Crippen molar-refractivity contribution < 1.29 is 14.3 Å². The predicted octanol–water partition coefficient (Wildman–Crippen LogP) is 3.93. The van der Waals surface area contributed by atoms with Crippen LogP contribution in [0, 0.1) is 0 Å². The Morgan fingerprint density at radius 1 is 1.06 bits per heavy atom. The summed E-state index contributed by atoms with van der Waals surface area (Å²) < 4.78 is 10.7. The zero-order chi connectivity index (χ0) is 23.0. The van der Waals surface area contributed by atoms with E-state index in [4.69, 9.17) is 14.5 Å². The van der Waals surface area contributed by atoms with E-state index in [0.717, 1.165) is 25.0 Å². The molecule has 1 spiro atoms. The van der Waals surface area contributed by atoms with E-state index in [2.05, 4.69) is 34.6 Å². The minimum Gasteiger partial charge on any atom is -0.493 e. The number of nitrogens with one attached hydrogen (secondary N) is 1. The van der Waals surface area contributed by atoms with Crippen LogP contribution >= 0.6 is 0 Å². The summed E-state index contributed by atoms with van der Waals surface area (Å²) in [5.74, 6) is 1.84. The van der Waals surface area contributed by atoms with Gasteiger partial charge in [-0.15, -0.1) is 0 Å². The first kappa shape index (κ1) is 21.2. The maximum atomic E-state index is 13.3. The molecular weight excluding hydrogens is 416 g/mol. The van der Waals surface area contributed by atoms with Crippen molar-refractivity contribution >= 4 is 11.9 Å². The lowest BCUT2D eigenvalue weighted by Gasteiger charge is -2.45. The van der Waals surface area contributed by atoms with Gasteiger partial charge in [0.15, 0.2) is 11.5 Å². The van der Waals surface area contributed by atoms with E-state index in [-0.39, 0.29) is 11.3 Å². The maximum Gasteiger partial charge on any atom is 0.253 e. The highest BCUT2D eigenvalue weighted by Gasteiger charge is 2.42. The average Bonchev–Trinajstić information content (AvgIpc) is 2.88. The Labute approximate surface area is 193 Å². The summed E-state index contributed by atoms with van der Waals surface area (Å²) in [6.45, 7) is 1.40. The molecular formula is C26H28N4O3. The monoisotopic (exact) mass is 444 g/mol. The van der Waals surface area contributed by atoms with Crippen LogP contribution in [0.25, 0.3) is 11.3 Å². The van der Waals surface area contributed by atoms with Crippen LogP contribution in [-0.2, 0) is 11.8 Å². The van der Waals surface area contributed by atoms with Crippen molar-refractivity contribution in [3.63, 3.8) is 0 Å². The number of rotatable bonds is 4. The van der Waals surface area contributed by atoms with Gasteiger partial charge in [-0.25, -0.2) is 9.97 Å². The van der Waals surface area contributed by atoms with E-state index in [1.807, 2.05) is 18.1 Å². The number of likely N-dealkylation sites (tertiary alicyclic amines) is 1. The molecule has 7 heteroatoms. The number of piperidine rings is 1. The standard InChI is InChI=1S/C26H28N4O3/c1-27-25-28-16-18-15-26(20-7-5-4-6-19(20)23(18)29-25)10-12-30(13-11-26)24(31)17-8-9-21(32-2)22(14-17)33-3/h4-9,14,16H,10-13,15H2,1-3H3,(H,27,28,29). The van der Waals surface area contributed by atoms with Gasteiger partial charge in [-0.2, -0.15) is 0 Å². The molecule has 1 aliphatic carbocycles. The minimum absolute atomic E-state index is 0.0114. The second-order valence-corrected chi connectivity index (χ2v) is 8.68. The fraction of sp³-hybridized carbons (Fsp3) is 0.346. The SMILES string of the molecule is CNc1ncc2c(n1)-c1ccccc1C1(CCN(C(=O)c3ccc(OC)c(OC)c3)CC1)C2. The Morgan fingerprint density at radius 2 is 1.82 bits per heavy atom. The molecule has 0 unspecified atom stereocenters. The number of benzene rings is 2. The maximum absolute atomic E-state index is 13.3. The molecule has 0 atom stereocenters. The number of hydrogen-bond donors (Lipinski definition) is 1. The van der Waals surface area contributed by atoms with E-state index in [1.165, 1.54) is 16.7 Å². The fourth-order valence-corrected chi connectivity index (χ4v) is 5.24. The van der Waals surface area contributed by atoms with E-state index in [1.54, 1.807) is 32.4 Å². The van der Waals surface area contributed by atoms with Gasteiger partial charge in [-0.1, -0.05) is 24.3 Å². The molecule has 5 rings (SSSR count). The molecule has 3 aromatic rings. The van der Waals surface area contributed by atoms with Gasteiger partial charge in [0.05, 0.1) is 19.9 Å². The van der Waals surface area contributed by atoms with Crippen LogP contribution < -0.4 is 14.8 Å². The molecule has 33 heavy (non-hydrogen) atoms. The molecule has 2 aromatic carbocycles. The molecule has 1 fully saturated rings. The van der Waals surface area contributed by atoms with Crippen LogP contribution in [0.5, 0.6) is 11.5 Å². The molecule has 2 aliphatic rings. The Bertz CT molecular complexity index is 1200. The van der Waals surface area contributed by atoms with Crippen molar-refractivity contribution in [3.05, 3.63) is 65.4 Å². The van der Waals surface area contributed by atoms with Gasteiger partial charge >= 0.3 is 0 Å². The lowest BCUT2D eigenvalue weighted by molar-refractivity contribution is 0.0664. The fourth-order valence-electron chi connectivity index (χ4n) is 5.24. The molecule has 1 amide bonds. The highest BCUT2D eigenvalue weighted by molar-refractivity contribution is 5.95. The summed E-state index contributed by atoms with van der Waals surface area (Å²) in [4.78, 5) is 24.4. The van der Waals surface area contributed by atoms with Gasteiger partial charge in [0, 0.05) is 42.9 Å². The third kappa shape index (κ3) is 3.57. The Hall–Kier alpha value is -3.61. The number of carbonyl (C=O) groups is 1. The highest BCUT2D eigenvalue weighted by atomic mass is 16.5. The summed E-state index contributed by atoms with van der Waals surface area (Å²) in [5, 5.41) is 3.04. The van der Waals surface area contributed by atoms with E-state index in [9.17, 15) is 4.79 Å². The summed E-state index contributed by atoms with van der Waals surface area (Å²) in [5.41, 5.74) is 5.30. The molecule has 0 bridgehead atoms. The quantitative estimate of drug-likeness (QED) is 0.657. The molecule has 1 aromatic heterocycles. The van der Waals surface area contributed by atoms with Crippen molar-refractivity contribution in [1.29, 1.82) is 0 Å². The number of carbonyl (C=O) groups excluding carboxylic acids is 1. The number of methoxy groups -OCH3 is 2. The molecule has 1 aliphatic heterocycles. The van der Waals surface area contributed by atoms with Gasteiger partial charge in [-0.3, -0.25) is 4.79 Å². The van der Waals surface area contributed by atoms with Crippen LogP contribution in [0.2, 0.25) is 0 Å². The number of anilines is 1. The smallest absolute Gasteiger partial charge is 0.253 e. The molecule has 0 radical (unpaired) electrons. The van der Waals surface area contributed by atoms with Crippen molar-refractivity contribution in [2.75, 3.05) is 39.7 Å². The van der Waals surface area contributed by atoms with Gasteiger partial charge < -0.3 is 19.7 Å². The van der Waals surface area contributed by atoms with Gasteiger partial charge in [0.2, 0.25) is 5.95 Å². The zero-order valence-corrected chi connectivity index (χ0v) is 19.2. The first-order valence-electron chi connectivity index (χ1n) is 11.2. The Kier molecular flexibility index (Phi) is 5.40. The van der Waals surface area contributed by atoms with Crippen LogP contribution in [0.15, 0.2) is 48.7 Å². The van der Waals surface area contributed by atoms with Crippen LogP contribution in [0.3, 0.4) is 0 Å². The normalized spacial score (nSPS) is 16.0. The van der Waals surface area contributed by atoms with Gasteiger partial charge in [0.25, 0.3) is 5.91 Å². The molecule has 1 saturated heterocycles. The Balaban J connectivity index is 1.41. The lowest BCUT2D eigenvalue weighted by atomic mass is 9.64. The van der Waals surface area contributed by atoms with Crippen LogP contribution in [-0.4, -0.2) is 55.1 Å². The molecule has 0 saturated carbocycles. The highest BCUT2D eigenvalue weighted by Crippen LogP contribution is 2.48. The molecule has 1 N–H and O–H groups in total. The summed E-state index contributed by atoms with van der Waals surface area (Å²) >= 11 is 0. The second-order valence-electron chi connectivity index (χ2n) is 8.68. The number of aromatic nitrogens is 2. The van der Waals surface area contributed by atoms with Crippen molar-refractivity contribution in [1.82, 2.24) is 14.9 Å². The molecule has 2 heterocycles. The summed E-state index contributed by atoms with van der Waals surface area (Å²) in [6.07, 6.45) is 4.64. The van der Waals surface area contributed by atoms with Crippen LogP contribution in [0.1, 0.15) is 34.3 Å². The van der Waals surface area contributed by atoms with Crippen molar-refractivity contribution in [2.24, 2.45) is 0 Å². The van der Waals surface area contributed by atoms with Crippen molar-refractivity contribution in [2.45, 2.75) is 24.7 Å². The lowest BCUT2D eigenvalue weighted by Crippen LogP contribution is -2.47. The number of fused-ring (bicyclic) bond motifs is 4. The van der Waals surface area contributed by atoms with E-state index >= 15 is 0 Å². The second kappa shape index (κ2) is 8.39. The third-order valence-corrected chi connectivity index (χ3v) is 7.01. The Morgan fingerprint density at radius 3 is 2.55 bits per heavy atom. The largest absolute Gasteiger partial charge is 0.493 e. The third-order valence-electron chi connectivity index (χ3n) is 7.01. The number of nitrogens with zero attached hydrogens (tertiary/aromatic N) is 3. The first-order valence-corrected chi connectivity index (χ1v) is 11.2. The van der Waals surface area contributed by atoms with Crippen LogP contribution in [0.4, 0.5) is 5.95 Å². The minimum atomic E-state index is -0.0114. The number of hydrogen-bond acceptors (Lipinski definition) is 6. The van der Waals surface area contributed by atoms with E-state index in [0.29, 0.717) is 36.1 Å². The van der Waals surface area contributed by atoms with Gasteiger partial charge in [-0.05, 0) is 48.6 Å². The summed E-state index contributed by atoms with van der Waals surface area (Å²) in [7, 11) is 5.01. The number of amides is 1. The number of ether oxygens (including phenoxy) is 2. The summed E-state index contributed by atoms with van der Waals surface area (Å²) in [6, 6.07) is 13.9. The molecule has 7 nitrogen and oxygen atoms in total. The van der Waals surface area contributed by atoms with Crippen molar-refractivity contribution in [3.8, 4) is 22.8 Å². The predicted molar refractivity (Wildman–Crippen MR) is 127 cm³/mol. The average molecular weight is 445 g/mol. The zero-order valence-electron chi connectivity index (χ0n) is 19.2. The topological polar surface area (TPSA) is 76.6 Å².